The van der Waals surface area contributed by atoms with Gasteiger partial charge < -0.3 is 5.73 Å². The first kappa shape index (κ1) is 10.8. The van der Waals surface area contributed by atoms with Crippen LogP contribution in [0.1, 0.15) is 30.1 Å². The minimum Gasteiger partial charge on any atom is -0.322 e. The zero-order chi connectivity index (χ0) is 11.5. The first-order chi connectivity index (χ1) is 7.68. The van der Waals surface area contributed by atoms with Crippen molar-refractivity contribution >= 4 is 0 Å². The molecule has 84 valence electrons. The number of aromatic nitrogens is 3. The van der Waals surface area contributed by atoms with Crippen molar-refractivity contribution in [1.82, 2.24) is 14.8 Å². The van der Waals surface area contributed by atoms with Gasteiger partial charge in [-0.3, -0.25) is 0 Å². The van der Waals surface area contributed by atoms with E-state index >= 15 is 0 Å². The summed E-state index contributed by atoms with van der Waals surface area (Å²) in [6.45, 7) is 4.11. The molecule has 0 bridgehead atoms. The molecular formula is C12H16N4. The van der Waals surface area contributed by atoms with Crippen LogP contribution in [0.4, 0.5) is 0 Å². The fourth-order valence-corrected chi connectivity index (χ4v) is 1.66. The lowest BCUT2D eigenvalue weighted by Gasteiger charge is -2.20. The summed E-state index contributed by atoms with van der Waals surface area (Å²) < 4.78 is 1.78. The molecule has 2 N–H and O–H groups in total. The topological polar surface area (TPSA) is 56.7 Å². The number of hydrogen-bond acceptors (Lipinski definition) is 3. The van der Waals surface area contributed by atoms with E-state index in [-0.39, 0.29) is 12.1 Å². The van der Waals surface area contributed by atoms with Gasteiger partial charge in [-0.25, -0.2) is 9.67 Å². The molecule has 0 saturated heterocycles. The molecule has 2 unspecified atom stereocenters. The first-order valence-corrected chi connectivity index (χ1v) is 5.35. The van der Waals surface area contributed by atoms with Gasteiger partial charge in [0, 0.05) is 0 Å². The van der Waals surface area contributed by atoms with Crippen LogP contribution in [-0.4, -0.2) is 14.8 Å². The molecule has 0 aliphatic rings. The van der Waals surface area contributed by atoms with Gasteiger partial charge in [-0.2, -0.15) is 5.10 Å². The van der Waals surface area contributed by atoms with Crippen molar-refractivity contribution in [1.29, 1.82) is 0 Å². The van der Waals surface area contributed by atoms with Gasteiger partial charge in [0.15, 0.2) is 0 Å². The van der Waals surface area contributed by atoms with Gasteiger partial charge in [0.05, 0.1) is 12.1 Å². The van der Waals surface area contributed by atoms with Gasteiger partial charge in [-0.15, -0.1) is 0 Å². The molecule has 16 heavy (non-hydrogen) atoms. The molecule has 0 aliphatic carbocycles. The summed E-state index contributed by atoms with van der Waals surface area (Å²) in [6, 6.07) is 8.31. The highest BCUT2D eigenvalue weighted by Gasteiger charge is 2.16. The highest BCUT2D eigenvalue weighted by atomic mass is 15.3. The van der Waals surface area contributed by atoms with Crippen molar-refractivity contribution in [3.63, 3.8) is 0 Å². The molecule has 0 aliphatic heterocycles. The van der Waals surface area contributed by atoms with E-state index in [1.165, 1.54) is 11.9 Å². The summed E-state index contributed by atoms with van der Waals surface area (Å²) in [5.41, 5.74) is 8.55. The Morgan fingerprint density at radius 1 is 1.25 bits per heavy atom. The third kappa shape index (κ3) is 2.12. The van der Waals surface area contributed by atoms with Gasteiger partial charge in [-0.05, 0) is 19.4 Å². The second-order valence-corrected chi connectivity index (χ2v) is 4.05. The number of rotatable bonds is 3. The van der Waals surface area contributed by atoms with Crippen LogP contribution < -0.4 is 5.73 Å². The monoisotopic (exact) mass is 216 g/mol. The van der Waals surface area contributed by atoms with E-state index < -0.39 is 0 Å². The van der Waals surface area contributed by atoms with Gasteiger partial charge in [0.25, 0.3) is 0 Å². The van der Waals surface area contributed by atoms with Crippen molar-refractivity contribution in [2.75, 3.05) is 0 Å². The Morgan fingerprint density at radius 2 is 1.94 bits per heavy atom. The summed E-state index contributed by atoms with van der Waals surface area (Å²) in [7, 11) is 0. The van der Waals surface area contributed by atoms with Crippen LogP contribution in [0.3, 0.4) is 0 Å². The molecule has 1 heterocycles. The number of aryl methyl sites for hydroxylation is 1. The molecule has 0 spiro atoms. The molecule has 0 amide bonds. The Kier molecular flexibility index (Phi) is 3.01. The largest absolute Gasteiger partial charge is 0.322 e. The summed E-state index contributed by atoms with van der Waals surface area (Å²) in [6.07, 6.45) is 3.22. The molecule has 4 heteroatoms. The molecule has 4 nitrogen and oxygen atoms in total. The number of benzene rings is 1. The molecule has 2 aromatic rings. The average molecular weight is 216 g/mol. The summed E-state index contributed by atoms with van der Waals surface area (Å²) in [4.78, 5) is 3.93. The maximum absolute atomic E-state index is 6.19. The molecule has 0 fully saturated rings. The quantitative estimate of drug-likeness (QED) is 0.851. The molecule has 1 aromatic carbocycles. The lowest BCUT2D eigenvalue weighted by Crippen LogP contribution is -2.22. The first-order valence-electron chi connectivity index (χ1n) is 5.35. The molecule has 0 saturated carbocycles. The van der Waals surface area contributed by atoms with Crippen LogP contribution in [0.2, 0.25) is 0 Å². The van der Waals surface area contributed by atoms with Crippen molar-refractivity contribution in [3.05, 3.63) is 48.0 Å². The van der Waals surface area contributed by atoms with E-state index in [1.54, 1.807) is 11.0 Å². The molecule has 2 atom stereocenters. The van der Waals surface area contributed by atoms with Crippen LogP contribution in [0, 0.1) is 6.92 Å². The number of nitrogens with two attached hydrogens (primary N) is 1. The van der Waals surface area contributed by atoms with Gasteiger partial charge >= 0.3 is 0 Å². The normalized spacial score (nSPS) is 14.7. The molecule has 1 aromatic heterocycles. The average Bonchev–Trinajstić information content (AvgIpc) is 2.81. The fraction of sp³-hybridized carbons (Fsp3) is 0.333. The smallest absolute Gasteiger partial charge is 0.137 e. The van der Waals surface area contributed by atoms with Crippen molar-refractivity contribution in [3.8, 4) is 0 Å². The Balaban J connectivity index is 2.19. The third-order valence-electron chi connectivity index (χ3n) is 2.84. The second kappa shape index (κ2) is 4.45. The summed E-state index contributed by atoms with van der Waals surface area (Å²) in [5, 5.41) is 4.11. The van der Waals surface area contributed by atoms with Crippen LogP contribution in [0.25, 0.3) is 0 Å². The van der Waals surface area contributed by atoms with Gasteiger partial charge in [0.1, 0.15) is 12.7 Å². The maximum Gasteiger partial charge on any atom is 0.137 e. The molecule has 2 rings (SSSR count). The van der Waals surface area contributed by atoms with Crippen LogP contribution >= 0.6 is 0 Å². The highest BCUT2D eigenvalue weighted by molar-refractivity contribution is 5.24. The second-order valence-electron chi connectivity index (χ2n) is 4.05. The van der Waals surface area contributed by atoms with Crippen molar-refractivity contribution in [2.24, 2.45) is 5.73 Å². The number of hydrogen-bond donors (Lipinski definition) is 1. The Hall–Kier alpha value is -1.68. The maximum atomic E-state index is 6.19. The standard InChI is InChI=1S/C12H16N4/c1-9-3-5-11(6-4-9)12(13)10(2)16-8-14-7-15-16/h3-8,10,12H,13H2,1-2H3. The highest BCUT2D eigenvalue weighted by Crippen LogP contribution is 2.22. The summed E-state index contributed by atoms with van der Waals surface area (Å²) >= 11 is 0. The van der Waals surface area contributed by atoms with E-state index in [1.807, 2.05) is 6.92 Å². The minimum atomic E-state index is -0.0673. The molecule has 0 radical (unpaired) electrons. The Bertz CT molecular complexity index is 433. The lowest BCUT2D eigenvalue weighted by molar-refractivity contribution is 0.414. The zero-order valence-corrected chi connectivity index (χ0v) is 9.54. The van der Waals surface area contributed by atoms with E-state index in [0.717, 1.165) is 5.56 Å². The Morgan fingerprint density at radius 3 is 2.50 bits per heavy atom. The molecular weight excluding hydrogens is 200 g/mol. The zero-order valence-electron chi connectivity index (χ0n) is 9.54. The van der Waals surface area contributed by atoms with Crippen molar-refractivity contribution < 1.29 is 0 Å². The SMILES string of the molecule is Cc1ccc(C(N)C(C)n2cncn2)cc1. The fourth-order valence-electron chi connectivity index (χ4n) is 1.66. The van der Waals surface area contributed by atoms with E-state index in [4.69, 9.17) is 5.73 Å². The lowest BCUT2D eigenvalue weighted by atomic mass is 10.0. The van der Waals surface area contributed by atoms with E-state index in [2.05, 4.69) is 41.3 Å². The van der Waals surface area contributed by atoms with Gasteiger partial charge in [0.2, 0.25) is 0 Å². The number of nitrogens with zero attached hydrogens (tertiary/aromatic N) is 3. The Labute approximate surface area is 95.1 Å². The van der Waals surface area contributed by atoms with Crippen molar-refractivity contribution in [2.45, 2.75) is 25.9 Å². The van der Waals surface area contributed by atoms with E-state index in [9.17, 15) is 0 Å². The van der Waals surface area contributed by atoms with E-state index in [0.29, 0.717) is 0 Å². The van der Waals surface area contributed by atoms with Crippen LogP contribution in [-0.2, 0) is 0 Å². The van der Waals surface area contributed by atoms with Crippen LogP contribution in [0.5, 0.6) is 0 Å². The minimum absolute atomic E-state index is 0.0673. The van der Waals surface area contributed by atoms with Gasteiger partial charge in [-0.1, -0.05) is 29.8 Å². The predicted molar refractivity (Wildman–Crippen MR) is 62.8 cm³/mol. The summed E-state index contributed by atoms with van der Waals surface area (Å²) in [5.74, 6) is 0. The van der Waals surface area contributed by atoms with Crippen LogP contribution in [0.15, 0.2) is 36.9 Å². The predicted octanol–water partition coefficient (Wildman–Crippen LogP) is 1.85. The third-order valence-corrected chi connectivity index (χ3v) is 2.84.